The molecule has 1 aromatic rings. The molecular weight excluding hydrogens is 302 g/mol. The van der Waals surface area contributed by atoms with E-state index in [-0.39, 0.29) is 17.2 Å². The predicted octanol–water partition coefficient (Wildman–Crippen LogP) is 2.11. The van der Waals surface area contributed by atoms with Crippen LogP contribution in [0.4, 0.5) is 0 Å². The summed E-state index contributed by atoms with van der Waals surface area (Å²) in [5.74, 6) is -0.229. The molecular formula is C19H27N3O2. The van der Waals surface area contributed by atoms with Crippen LogP contribution in [-0.4, -0.2) is 38.0 Å². The van der Waals surface area contributed by atoms with E-state index in [4.69, 9.17) is 0 Å². The number of hydrogen-bond acceptors (Lipinski definition) is 3. The zero-order chi connectivity index (χ0) is 17.6. The Bertz CT molecular complexity index is 612. The highest BCUT2D eigenvalue weighted by molar-refractivity contribution is 5.97. The molecule has 0 saturated heterocycles. The first-order chi connectivity index (χ1) is 11.3. The van der Waals surface area contributed by atoms with Gasteiger partial charge in [0.1, 0.15) is 0 Å². The molecule has 0 aliphatic carbocycles. The van der Waals surface area contributed by atoms with E-state index < -0.39 is 0 Å². The third-order valence-electron chi connectivity index (χ3n) is 3.82. The number of hydrogen-bond donors (Lipinski definition) is 3. The molecule has 0 spiro atoms. The van der Waals surface area contributed by atoms with Crippen molar-refractivity contribution < 1.29 is 9.59 Å². The van der Waals surface area contributed by atoms with Gasteiger partial charge in [-0.3, -0.25) is 9.59 Å². The van der Waals surface area contributed by atoms with Crippen LogP contribution in [0.25, 0.3) is 0 Å². The van der Waals surface area contributed by atoms with Gasteiger partial charge in [-0.15, -0.1) is 0 Å². The van der Waals surface area contributed by atoms with Gasteiger partial charge < -0.3 is 16.0 Å². The molecule has 1 aliphatic rings. The van der Waals surface area contributed by atoms with Crippen molar-refractivity contribution in [2.75, 3.05) is 26.2 Å². The predicted molar refractivity (Wildman–Crippen MR) is 96.1 cm³/mol. The molecule has 5 heteroatoms. The van der Waals surface area contributed by atoms with Gasteiger partial charge in [0.25, 0.3) is 11.8 Å². The van der Waals surface area contributed by atoms with Gasteiger partial charge in [0.15, 0.2) is 0 Å². The smallest absolute Gasteiger partial charge is 0.251 e. The summed E-state index contributed by atoms with van der Waals surface area (Å²) >= 11 is 0. The van der Waals surface area contributed by atoms with Crippen LogP contribution in [0.15, 0.2) is 35.9 Å². The lowest BCUT2D eigenvalue weighted by Gasteiger charge is -2.18. The van der Waals surface area contributed by atoms with Gasteiger partial charge in [-0.2, -0.15) is 0 Å². The molecule has 0 bridgehead atoms. The Balaban J connectivity index is 1.87. The zero-order valence-electron chi connectivity index (χ0n) is 14.7. The van der Waals surface area contributed by atoms with Crippen molar-refractivity contribution in [3.8, 4) is 0 Å². The molecule has 0 saturated carbocycles. The molecule has 2 rings (SSSR count). The minimum atomic E-state index is -0.115. The molecule has 3 N–H and O–H groups in total. The molecule has 2 amide bonds. The zero-order valence-corrected chi connectivity index (χ0v) is 14.7. The standard InChI is InChI=1S/C19H27N3O2/c1-19(2,3)13-22-18(24)16-6-4-15(5-7-16)17(23)21-12-14-8-10-20-11-9-14/h4-8,20H,9-13H2,1-3H3,(H,21,23)(H,22,24). The van der Waals surface area contributed by atoms with E-state index in [1.807, 2.05) is 0 Å². The number of carbonyl (C=O) groups excluding carboxylic acids is 2. The number of nitrogens with one attached hydrogen (secondary N) is 3. The normalized spacial score (nSPS) is 14.7. The maximum absolute atomic E-state index is 12.2. The first-order valence-corrected chi connectivity index (χ1v) is 8.40. The molecule has 0 atom stereocenters. The summed E-state index contributed by atoms with van der Waals surface area (Å²) in [5.41, 5.74) is 2.42. The Morgan fingerprint density at radius 3 is 2.12 bits per heavy atom. The Morgan fingerprint density at radius 2 is 1.62 bits per heavy atom. The lowest BCUT2D eigenvalue weighted by Crippen LogP contribution is -2.32. The fraction of sp³-hybridized carbons (Fsp3) is 0.474. The van der Waals surface area contributed by atoms with Crippen molar-refractivity contribution in [1.29, 1.82) is 0 Å². The van der Waals surface area contributed by atoms with Crippen molar-refractivity contribution in [2.24, 2.45) is 5.41 Å². The summed E-state index contributed by atoms with van der Waals surface area (Å²) in [6.45, 7) is 9.21. The van der Waals surface area contributed by atoms with Gasteiger partial charge in [-0.1, -0.05) is 32.4 Å². The molecule has 1 heterocycles. The SMILES string of the molecule is CC(C)(C)CNC(=O)c1ccc(C(=O)NCC2=CCNCC2)cc1. The number of carbonyl (C=O) groups is 2. The van der Waals surface area contributed by atoms with Crippen molar-refractivity contribution >= 4 is 11.8 Å². The third kappa shape index (κ3) is 5.81. The highest BCUT2D eigenvalue weighted by atomic mass is 16.2. The summed E-state index contributed by atoms with van der Waals surface area (Å²) in [6, 6.07) is 6.77. The first-order valence-electron chi connectivity index (χ1n) is 8.40. The van der Waals surface area contributed by atoms with Crippen LogP contribution in [0.5, 0.6) is 0 Å². The average molecular weight is 329 g/mol. The second kappa shape index (κ2) is 8.11. The second-order valence-corrected chi connectivity index (χ2v) is 7.32. The number of rotatable bonds is 5. The van der Waals surface area contributed by atoms with E-state index in [2.05, 4.69) is 42.8 Å². The molecule has 1 aliphatic heterocycles. The molecule has 5 nitrogen and oxygen atoms in total. The van der Waals surface area contributed by atoms with Crippen LogP contribution < -0.4 is 16.0 Å². The van der Waals surface area contributed by atoms with E-state index in [0.717, 1.165) is 19.5 Å². The maximum Gasteiger partial charge on any atom is 0.251 e. The molecule has 0 unspecified atom stereocenters. The van der Waals surface area contributed by atoms with Crippen LogP contribution in [0.1, 0.15) is 47.9 Å². The molecule has 0 fully saturated rings. The minimum absolute atomic E-state index is 0.0405. The lowest BCUT2D eigenvalue weighted by molar-refractivity contribution is 0.0933. The molecule has 0 aromatic heterocycles. The first kappa shape index (κ1) is 18.2. The Hall–Kier alpha value is -2.14. The van der Waals surface area contributed by atoms with Crippen LogP contribution >= 0.6 is 0 Å². The monoisotopic (exact) mass is 329 g/mol. The Kier molecular flexibility index (Phi) is 6.15. The van der Waals surface area contributed by atoms with Gasteiger partial charge in [0.05, 0.1) is 0 Å². The van der Waals surface area contributed by atoms with Gasteiger partial charge in [0.2, 0.25) is 0 Å². The van der Waals surface area contributed by atoms with Crippen molar-refractivity contribution in [2.45, 2.75) is 27.2 Å². The fourth-order valence-electron chi connectivity index (χ4n) is 2.35. The van der Waals surface area contributed by atoms with Gasteiger partial charge >= 0.3 is 0 Å². The molecule has 0 radical (unpaired) electrons. The van der Waals surface area contributed by atoms with Gasteiger partial charge in [-0.05, 0) is 42.6 Å². The maximum atomic E-state index is 12.2. The lowest BCUT2D eigenvalue weighted by atomic mass is 9.97. The van der Waals surface area contributed by atoms with E-state index in [1.165, 1.54) is 5.57 Å². The molecule has 1 aromatic carbocycles. The minimum Gasteiger partial charge on any atom is -0.352 e. The quantitative estimate of drug-likeness (QED) is 0.725. The van der Waals surface area contributed by atoms with Crippen LogP contribution in [0.3, 0.4) is 0 Å². The number of amides is 2. The molecule has 130 valence electrons. The second-order valence-electron chi connectivity index (χ2n) is 7.32. The van der Waals surface area contributed by atoms with Crippen molar-refractivity contribution in [1.82, 2.24) is 16.0 Å². The van der Waals surface area contributed by atoms with Crippen LogP contribution in [0, 0.1) is 5.41 Å². The van der Waals surface area contributed by atoms with Gasteiger partial charge in [0, 0.05) is 30.8 Å². The third-order valence-corrected chi connectivity index (χ3v) is 3.82. The summed E-state index contributed by atoms with van der Waals surface area (Å²) in [6.07, 6.45) is 3.08. The summed E-state index contributed by atoms with van der Waals surface area (Å²) in [7, 11) is 0. The van der Waals surface area contributed by atoms with Crippen molar-refractivity contribution in [3.63, 3.8) is 0 Å². The Labute approximate surface area is 143 Å². The van der Waals surface area contributed by atoms with Crippen LogP contribution in [-0.2, 0) is 0 Å². The topological polar surface area (TPSA) is 70.2 Å². The van der Waals surface area contributed by atoms with Crippen LogP contribution in [0.2, 0.25) is 0 Å². The molecule has 24 heavy (non-hydrogen) atoms. The van der Waals surface area contributed by atoms with Gasteiger partial charge in [-0.25, -0.2) is 0 Å². The Morgan fingerprint density at radius 1 is 1.04 bits per heavy atom. The van der Waals surface area contributed by atoms with E-state index in [0.29, 0.717) is 24.2 Å². The largest absolute Gasteiger partial charge is 0.352 e. The highest BCUT2D eigenvalue weighted by Gasteiger charge is 2.14. The van der Waals surface area contributed by atoms with E-state index in [9.17, 15) is 9.59 Å². The van der Waals surface area contributed by atoms with Crippen molar-refractivity contribution in [3.05, 3.63) is 47.0 Å². The fourth-order valence-corrected chi connectivity index (χ4v) is 2.35. The summed E-state index contributed by atoms with van der Waals surface area (Å²) < 4.78 is 0. The van der Waals surface area contributed by atoms with E-state index >= 15 is 0 Å². The van der Waals surface area contributed by atoms with E-state index in [1.54, 1.807) is 24.3 Å². The highest BCUT2D eigenvalue weighted by Crippen LogP contribution is 2.11. The summed E-state index contributed by atoms with van der Waals surface area (Å²) in [5, 5.41) is 9.07. The summed E-state index contributed by atoms with van der Waals surface area (Å²) in [4.78, 5) is 24.3. The average Bonchev–Trinajstić information content (AvgIpc) is 2.58. The number of benzene rings is 1.